The molecule has 0 radical (unpaired) electrons. The molecule has 0 unspecified atom stereocenters. The van der Waals surface area contributed by atoms with Crippen LogP contribution in [0, 0.1) is 0 Å². The van der Waals surface area contributed by atoms with Crippen LogP contribution in [0.15, 0.2) is 30.3 Å². The molecule has 5 heteroatoms. The molecule has 2 aromatic rings. The Labute approximate surface area is 142 Å². The van der Waals surface area contributed by atoms with E-state index in [1.54, 1.807) is 0 Å². The number of nitrogens with one attached hydrogen (secondary N) is 2. The van der Waals surface area contributed by atoms with Gasteiger partial charge in [0.15, 0.2) is 5.82 Å². The first-order chi connectivity index (χ1) is 11.9. The zero-order chi connectivity index (χ0) is 16.2. The van der Waals surface area contributed by atoms with Gasteiger partial charge in [-0.2, -0.15) is 0 Å². The lowest BCUT2D eigenvalue weighted by Crippen LogP contribution is -2.30. The van der Waals surface area contributed by atoms with Gasteiger partial charge >= 0.3 is 0 Å². The normalized spacial score (nSPS) is 20.4. The zero-order valence-electron chi connectivity index (χ0n) is 13.9. The third-order valence-corrected chi connectivity index (χ3v) is 4.74. The van der Waals surface area contributed by atoms with Gasteiger partial charge in [-0.25, -0.2) is 9.97 Å². The summed E-state index contributed by atoms with van der Waals surface area (Å²) >= 11 is 0. The van der Waals surface area contributed by atoms with E-state index in [1.165, 1.54) is 18.4 Å². The second kappa shape index (κ2) is 7.28. The van der Waals surface area contributed by atoms with Crippen molar-refractivity contribution in [2.75, 3.05) is 25.0 Å². The second-order valence-electron chi connectivity index (χ2n) is 6.48. The van der Waals surface area contributed by atoms with Crippen LogP contribution in [0.5, 0.6) is 0 Å². The van der Waals surface area contributed by atoms with Crippen LogP contribution < -0.4 is 10.6 Å². The van der Waals surface area contributed by atoms with E-state index in [0.717, 1.165) is 62.0 Å². The Kier molecular flexibility index (Phi) is 4.71. The summed E-state index contributed by atoms with van der Waals surface area (Å²) in [5.41, 5.74) is 3.43. The summed E-state index contributed by atoms with van der Waals surface area (Å²) in [7, 11) is 0. The Morgan fingerprint density at radius 3 is 2.92 bits per heavy atom. The number of ether oxygens (including phenoxy) is 1. The predicted octanol–water partition coefficient (Wildman–Crippen LogP) is 2.77. The lowest BCUT2D eigenvalue weighted by Gasteiger charge is -2.25. The van der Waals surface area contributed by atoms with Gasteiger partial charge in [-0.1, -0.05) is 30.3 Å². The van der Waals surface area contributed by atoms with Crippen molar-refractivity contribution in [2.45, 2.75) is 38.3 Å². The fraction of sp³-hybridized carbons (Fsp3) is 0.474. The summed E-state index contributed by atoms with van der Waals surface area (Å²) in [5.74, 6) is 1.78. The highest BCUT2D eigenvalue weighted by atomic mass is 16.5. The van der Waals surface area contributed by atoms with Gasteiger partial charge in [0.2, 0.25) is 0 Å². The number of aromatic nitrogens is 2. The minimum absolute atomic E-state index is 0.297. The number of fused-ring (bicyclic) bond motifs is 1. The van der Waals surface area contributed by atoms with Gasteiger partial charge in [0, 0.05) is 30.8 Å². The Hall–Kier alpha value is -1.98. The van der Waals surface area contributed by atoms with E-state index in [1.807, 2.05) is 18.2 Å². The fourth-order valence-electron chi connectivity index (χ4n) is 3.40. The Bertz CT molecular complexity index is 683. The summed E-state index contributed by atoms with van der Waals surface area (Å²) < 4.78 is 5.84. The van der Waals surface area contributed by atoms with Gasteiger partial charge in [0.1, 0.15) is 5.82 Å². The van der Waals surface area contributed by atoms with Gasteiger partial charge in [0.05, 0.1) is 11.8 Å². The molecule has 3 heterocycles. The van der Waals surface area contributed by atoms with Gasteiger partial charge in [0.25, 0.3) is 0 Å². The van der Waals surface area contributed by atoms with Crippen LogP contribution in [-0.4, -0.2) is 35.8 Å². The van der Waals surface area contributed by atoms with Crippen LogP contribution >= 0.6 is 0 Å². The standard InChI is InChI=1S/C19H24N4O/c1-2-6-14(7-3-1)18-22-17-13-20-10-9-16(17)19(23-18)21-12-15-8-4-5-11-24-15/h1-3,6-7,15,20H,4-5,8-13H2,(H,21,22,23)/t15-/m0/s1. The molecule has 2 aliphatic rings. The molecule has 0 bridgehead atoms. The highest BCUT2D eigenvalue weighted by Crippen LogP contribution is 2.25. The SMILES string of the molecule is c1ccc(-c2nc3c(c(NC[C@@H]4CCCCO4)n2)CCNC3)cc1. The van der Waals surface area contributed by atoms with E-state index in [2.05, 4.69) is 22.8 Å². The maximum absolute atomic E-state index is 5.84. The summed E-state index contributed by atoms with van der Waals surface area (Å²) in [6.45, 7) is 3.50. The monoisotopic (exact) mass is 324 g/mol. The molecule has 2 N–H and O–H groups in total. The average molecular weight is 324 g/mol. The maximum atomic E-state index is 5.84. The van der Waals surface area contributed by atoms with E-state index in [4.69, 9.17) is 14.7 Å². The molecule has 1 aromatic carbocycles. The molecule has 1 fully saturated rings. The van der Waals surface area contributed by atoms with Gasteiger partial charge in [-0.15, -0.1) is 0 Å². The van der Waals surface area contributed by atoms with Crippen LogP contribution in [0.2, 0.25) is 0 Å². The molecule has 1 atom stereocenters. The van der Waals surface area contributed by atoms with Crippen LogP contribution in [0.4, 0.5) is 5.82 Å². The maximum Gasteiger partial charge on any atom is 0.161 e. The number of benzene rings is 1. The quantitative estimate of drug-likeness (QED) is 0.906. The third-order valence-electron chi connectivity index (χ3n) is 4.74. The first kappa shape index (κ1) is 15.5. The predicted molar refractivity (Wildman–Crippen MR) is 95.0 cm³/mol. The molecule has 0 spiro atoms. The first-order valence-corrected chi connectivity index (χ1v) is 8.91. The van der Waals surface area contributed by atoms with Gasteiger partial charge in [-0.3, -0.25) is 0 Å². The van der Waals surface area contributed by atoms with Gasteiger partial charge < -0.3 is 15.4 Å². The Morgan fingerprint density at radius 2 is 2.08 bits per heavy atom. The number of hydrogen-bond acceptors (Lipinski definition) is 5. The number of hydrogen-bond donors (Lipinski definition) is 2. The van der Waals surface area contributed by atoms with Crippen molar-refractivity contribution >= 4 is 5.82 Å². The van der Waals surface area contributed by atoms with E-state index < -0.39 is 0 Å². The first-order valence-electron chi connectivity index (χ1n) is 8.91. The van der Waals surface area contributed by atoms with Crippen LogP contribution in [-0.2, 0) is 17.7 Å². The summed E-state index contributed by atoms with van der Waals surface area (Å²) in [5, 5.41) is 6.96. The minimum atomic E-state index is 0.297. The van der Waals surface area contributed by atoms with Crippen LogP contribution in [0.25, 0.3) is 11.4 Å². The Morgan fingerprint density at radius 1 is 1.17 bits per heavy atom. The Balaban J connectivity index is 1.61. The molecule has 1 saturated heterocycles. The number of nitrogens with zero attached hydrogens (tertiary/aromatic N) is 2. The fourth-order valence-corrected chi connectivity index (χ4v) is 3.40. The average Bonchev–Trinajstić information content (AvgIpc) is 2.67. The number of anilines is 1. The largest absolute Gasteiger partial charge is 0.376 e. The van der Waals surface area contributed by atoms with Crippen molar-refractivity contribution in [3.05, 3.63) is 41.6 Å². The van der Waals surface area contributed by atoms with E-state index in [0.29, 0.717) is 6.10 Å². The molecule has 1 aromatic heterocycles. The molecule has 4 rings (SSSR count). The molecule has 0 amide bonds. The number of rotatable bonds is 4. The van der Waals surface area contributed by atoms with Crippen molar-refractivity contribution in [1.82, 2.24) is 15.3 Å². The van der Waals surface area contributed by atoms with E-state index in [9.17, 15) is 0 Å². The lowest BCUT2D eigenvalue weighted by molar-refractivity contribution is 0.0247. The minimum Gasteiger partial charge on any atom is -0.376 e. The van der Waals surface area contributed by atoms with Crippen molar-refractivity contribution in [1.29, 1.82) is 0 Å². The lowest BCUT2D eigenvalue weighted by atomic mass is 10.1. The molecule has 126 valence electrons. The molecule has 0 aliphatic carbocycles. The van der Waals surface area contributed by atoms with Crippen molar-refractivity contribution < 1.29 is 4.74 Å². The van der Waals surface area contributed by atoms with E-state index >= 15 is 0 Å². The van der Waals surface area contributed by atoms with Crippen molar-refractivity contribution in [3.8, 4) is 11.4 Å². The van der Waals surface area contributed by atoms with Gasteiger partial charge in [-0.05, 0) is 32.2 Å². The molecular weight excluding hydrogens is 300 g/mol. The van der Waals surface area contributed by atoms with Crippen LogP contribution in [0.1, 0.15) is 30.5 Å². The van der Waals surface area contributed by atoms with E-state index in [-0.39, 0.29) is 0 Å². The summed E-state index contributed by atoms with van der Waals surface area (Å²) in [6.07, 6.45) is 4.84. The zero-order valence-corrected chi connectivity index (χ0v) is 13.9. The molecule has 24 heavy (non-hydrogen) atoms. The highest BCUT2D eigenvalue weighted by Gasteiger charge is 2.20. The summed E-state index contributed by atoms with van der Waals surface area (Å²) in [6, 6.07) is 10.2. The highest BCUT2D eigenvalue weighted by molar-refractivity contribution is 5.60. The molecule has 5 nitrogen and oxygen atoms in total. The molecule has 0 saturated carbocycles. The molecular formula is C19H24N4O. The molecule has 2 aliphatic heterocycles. The summed E-state index contributed by atoms with van der Waals surface area (Å²) in [4.78, 5) is 9.63. The van der Waals surface area contributed by atoms with Crippen molar-refractivity contribution in [2.24, 2.45) is 0 Å². The van der Waals surface area contributed by atoms with Crippen molar-refractivity contribution in [3.63, 3.8) is 0 Å². The second-order valence-corrected chi connectivity index (χ2v) is 6.48. The third kappa shape index (κ3) is 3.42. The smallest absolute Gasteiger partial charge is 0.161 e. The topological polar surface area (TPSA) is 59.1 Å². The van der Waals surface area contributed by atoms with Crippen LogP contribution in [0.3, 0.4) is 0 Å².